The minimum Gasteiger partial charge on any atom is -0.506 e. The Morgan fingerprint density at radius 3 is 2.39 bits per heavy atom. The highest BCUT2D eigenvalue weighted by atomic mass is 16.7. The van der Waals surface area contributed by atoms with E-state index in [4.69, 9.17) is 33.2 Å². The highest BCUT2D eigenvalue weighted by molar-refractivity contribution is 5.91. The number of allylic oxidation sites excluding steroid dienone is 3. The van der Waals surface area contributed by atoms with Crippen molar-refractivity contribution in [1.82, 2.24) is 25.2 Å². The molecule has 0 amide bonds. The molecule has 62 heavy (non-hydrogen) atoms. The third-order valence-electron chi connectivity index (χ3n) is 12.3. The number of hydrogen-bond acceptors (Lipinski definition) is 17. The SMILES string of the molecule is CC[C@H]1OC(=O)C[C@@H](O)[C@H](C)[C@@H](O[C@@H]2O[C@H](C)[C@@H](O)C(N(C)C)C2O)[C@@H](CCn2cc(CNC)nn2)C[C@@H](C)C(=O)/C=C/C(C)=C/[C@@H]1CO[C@@H]1OC(C)C(O)=C(OC)CC1OC. The summed E-state index contributed by atoms with van der Waals surface area (Å²) in [6, 6.07) is -0.723. The van der Waals surface area contributed by atoms with Crippen molar-refractivity contribution in [2.75, 3.05) is 42.0 Å². The first-order valence-electron chi connectivity index (χ1n) is 21.8. The zero-order valence-corrected chi connectivity index (χ0v) is 38.4. The lowest BCUT2D eigenvalue weighted by molar-refractivity contribution is -0.304. The van der Waals surface area contributed by atoms with Gasteiger partial charge in [0.25, 0.3) is 0 Å². The Labute approximate surface area is 366 Å². The standard InChI is InChI=1S/C44H73N5O13/c1-12-34-30(23-58-43-36(57-11)20-35(56-10)39(53)27(5)59-43)17-24(2)13-14-32(50)25(3)18-29(15-16-49-22-31(21-45-7)46-47-49)42(26(4)33(51)19-37(52)61-34)62-44-41(55)38(48(8)9)40(54)28(6)60-44/h13-14,17,22,25-30,33-34,36,38,40-45,51,53-55H,12,15-16,18-21,23H2,1-11H3/b14-13+,24-17+/t25-,26+,27?,28-,29+,30-,33-,34-,36?,38?,40-,41?,42-,43-,44+/m1/s1. The second-order valence-corrected chi connectivity index (χ2v) is 17.3. The third-order valence-corrected chi connectivity index (χ3v) is 12.3. The molecular formula is C44H73N5O13. The summed E-state index contributed by atoms with van der Waals surface area (Å²) in [5.74, 6) is -2.70. The van der Waals surface area contributed by atoms with Gasteiger partial charge in [0.1, 0.15) is 30.2 Å². The highest BCUT2D eigenvalue weighted by Crippen LogP contribution is 2.35. The molecule has 18 nitrogen and oxygen atoms in total. The van der Waals surface area contributed by atoms with Crippen LogP contribution >= 0.6 is 0 Å². The van der Waals surface area contributed by atoms with E-state index in [9.17, 15) is 30.0 Å². The number of rotatable bonds is 14. The van der Waals surface area contributed by atoms with Gasteiger partial charge in [-0.05, 0) is 73.2 Å². The van der Waals surface area contributed by atoms with E-state index in [-0.39, 0.29) is 31.0 Å². The number of carbonyl (C=O) groups is 2. The van der Waals surface area contributed by atoms with Crippen molar-refractivity contribution in [3.05, 3.63) is 47.2 Å². The normalized spacial score (nSPS) is 37.4. The summed E-state index contributed by atoms with van der Waals surface area (Å²) in [7, 11) is 8.30. The largest absolute Gasteiger partial charge is 0.506 e. The summed E-state index contributed by atoms with van der Waals surface area (Å²) in [6.45, 7) is 11.7. The van der Waals surface area contributed by atoms with Crippen LogP contribution in [0.15, 0.2) is 41.5 Å². The van der Waals surface area contributed by atoms with Crippen LogP contribution in [-0.2, 0) is 55.8 Å². The fraction of sp³-hybridized carbons (Fsp3) is 0.773. The van der Waals surface area contributed by atoms with Gasteiger partial charge in [0.2, 0.25) is 0 Å². The van der Waals surface area contributed by atoms with Crippen LogP contribution in [0.4, 0.5) is 0 Å². The second kappa shape index (κ2) is 24.1. The van der Waals surface area contributed by atoms with Gasteiger partial charge in [0, 0.05) is 50.6 Å². The van der Waals surface area contributed by atoms with Crippen molar-refractivity contribution in [2.45, 2.75) is 154 Å². The monoisotopic (exact) mass is 880 g/mol. The molecule has 352 valence electrons. The Kier molecular flexibility index (Phi) is 20.0. The summed E-state index contributed by atoms with van der Waals surface area (Å²) < 4.78 is 44.1. The maximum absolute atomic E-state index is 13.9. The van der Waals surface area contributed by atoms with E-state index in [0.29, 0.717) is 38.1 Å². The molecule has 15 atom stereocenters. The number of esters is 1. The highest BCUT2D eigenvalue weighted by Gasteiger charge is 2.47. The van der Waals surface area contributed by atoms with E-state index in [1.54, 1.807) is 50.5 Å². The number of carbonyl (C=O) groups excluding carboxylic acids is 2. The van der Waals surface area contributed by atoms with Gasteiger partial charge in [-0.15, -0.1) is 5.10 Å². The summed E-state index contributed by atoms with van der Waals surface area (Å²) in [5.41, 5.74) is 1.48. The summed E-state index contributed by atoms with van der Waals surface area (Å²) >= 11 is 0. The van der Waals surface area contributed by atoms with Crippen LogP contribution in [0.2, 0.25) is 0 Å². The number of aromatic nitrogens is 3. The smallest absolute Gasteiger partial charge is 0.308 e. The fourth-order valence-corrected chi connectivity index (χ4v) is 8.55. The molecule has 0 bridgehead atoms. The van der Waals surface area contributed by atoms with Crippen molar-refractivity contribution in [3.63, 3.8) is 0 Å². The molecule has 1 saturated heterocycles. The molecule has 3 aliphatic rings. The zero-order valence-electron chi connectivity index (χ0n) is 38.4. The van der Waals surface area contributed by atoms with Crippen molar-refractivity contribution < 1.29 is 63.2 Å². The average molecular weight is 880 g/mol. The third kappa shape index (κ3) is 13.6. The lowest BCUT2D eigenvalue weighted by Gasteiger charge is -2.46. The molecule has 1 aromatic heterocycles. The van der Waals surface area contributed by atoms with Gasteiger partial charge in [-0.2, -0.15) is 0 Å². The zero-order chi connectivity index (χ0) is 45.8. The van der Waals surface area contributed by atoms with Crippen LogP contribution in [0.25, 0.3) is 0 Å². The average Bonchev–Trinajstić information content (AvgIpc) is 3.64. The van der Waals surface area contributed by atoms with Crippen LogP contribution < -0.4 is 5.32 Å². The number of cyclic esters (lactones) is 1. The number of hydrogen-bond donors (Lipinski definition) is 5. The summed E-state index contributed by atoms with van der Waals surface area (Å²) in [4.78, 5) is 29.5. The number of nitrogens with one attached hydrogen (secondary N) is 1. The van der Waals surface area contributed by atoms with Crippen LogP contribution in [-0.4, -0.2) is 161 Å². The molecule has 4 unspecified atom stereocenters. The van der Waals surface area contributed by atoms with E-state index in [0.717, 1.165) is 11.3 Å². The van der Waals surface area contributed by atoms with Crippen LogP contribution in [0, 0.1) is 23.7 Å². The Hall–Kier alpha value is -3.30. The van der Waals surface area contributed by atoms with E-state index in [2.05, 4.69) is 15.6 Å². The Morgan fingerprint density at radius 1 is 1.02 bits per heavy atom. The number of aliphatic hydroxyl groups excluding tert-OH is 4. The molecule has 0 spiro atoms. The van der Waals surface area contributed by atoms with Crippen molar-refractivity contribution in [1.29, 1.82) is 0 Å². The van der Waals surface area contributed by atoms with Gasteiger partial charge in [0.15, 0.2) is 24.1 Å². The number of ether oxygens (including phenoxy) is 7. The topological polar surface area (TPSA) is 226 Å². The van der Waals surface area contributed by atoms with E-state index < -0.39 is 97.1 Å². The van der Waals surface area contributed by atoms with Gasteiger partial charge in [-0.25, -0.2) is 0 Å². The molecular weight excluding hydrogens is 807 g/mol. The number of aryl methyl sites for hydroxylation is 1. The molecule has 18 heteroatoms. The van der Waals surface area contributed by atoms with Gasteiger partial charge < -0.3 is 63.8 Å². The van der Waals surface area contributed by atoms with Crippen LogP contribution in [0.3, 0.4) is 0 Å². The van der Waals surface area contributed by atoms with E-state index >= 15 is 0 Å². The molecule has 5 N–H and O–H groups in total. The molecule has 0 saturated carbocycles. The summed E-state index contributed by atoms with van der Waals surface area (Å²) in [5, 5.41) is 56.7. The molecule has 4 heterocycles. The van der Waals surface area contributed by atoms with E-state index in [1.807, 2.05) is 40.1 Å². The minimum absolute atomic E-state index is 0.0190. The number of ketones is 1. The number of methoxy groups -OCH3 is 2. The molecule has 1 fully saturated rings. The lowest BCUT2D eigenvalue weighted by atomic mass is 9.79. The van der Waals surface area contributed by atoms with E-state index in [1.165, 1.54) is 20.3 Å². The predicted molar refractivity (Wildman–Crippen MR) is 227 cm³/mol. The first kappa shape index (κ1) is 51.3. The van der Waals surface area contributed by atoms with Gasteiger partial charge in [-0.1, -0.05) is 43.7 Å². The Morgan fingerprint density at radius 2 is 1.74 bits per heavy atom. The minimum atomic E-state index is -1.28. The van der Waals surface area contributed by atoms with Crippen molar-refractivity contribution >= 4 is 11.8 Å². The Balaban J connectivity index is 1.69. The molecule has 1 aromatic rings. The molecule has 3 aliphatic heterocycles. The maximum atomic E-state index is 13.9. The molecule has 0 aromatic carbocycles. The van der Waals surface area contributed by atoms with Crippen LogP contribution in [0.5, 0.6) is 0 Å². The predicted octanol–water partition coefficient (Wildman–Crippen LogP) is 2.80. The van der Waals surface area contributed by atoms with Gasteiger partial charge in [0.05, 0.1) is 56.3 Å². The lowest BCUT2D eigenvalue weighted by Crippen LogP contribution is -2.63. The Bertz CT molecular complexity index is 1670. The quantitative estimate of drug-likeness (QED) is 0.169. The number of aliphatic hydroxyl groups is 4. The fourth-order valence-electron chi connectivity index (χ4n) is 8.55. The molecule has 4 rings (SSSR count). The van der Waals surface area contributed by atoms with Gasteiger partial charge in [-0.3, -0.25) is 14.3 Å². The first-order valence-corrected chi connectivity index (χ1v) is 21.8. The molecule has 0 aliphatic carbocycles. The number of nitrogens with zero attached hydrogens (tertiary/aromatic N) is 4. The second-order valence-electron chi connectivity index (χ2n) is 17.3. The molecule has 0 radical (unpaired) electrons. The number of likely N-dealkylation sites (N-methyl/N-ethyl adjacent to an activating group) is 1. The van der Waals surface area contributed by atoms with Crippen molar-refractivity contribution in [2.24, 2.45) is 23.7 Å². The summed E-state index contributed by atoms with van der Waals surface area (Å²) in [6.07, 6.45) is -1.37. The van der Waals surface area contributed by atoms with Crippen LogP contribution in [0.1, 0.15) is 79.3 Å². The van der Waals surface area contributed by atoms with Crippen molar-refractivity contribution in [3.8, 4) is 0 Å². The van der Waals surface area contributed by atoms with Gasteiger partial charge >= 0.3 is 5.97 Å². The first-order chi connectivity index (χ1) is 29.4. The maximum Gasteiger partial charge on any atom is 0.308 e.